The predicted octanol–water partition coefficient (Wildman–Crippen LogP) is 1.89. The molecule has 1 heterocycles. The zero-order valence-electron chi connectivity index (χ0n) is 12.3. The molecule has 1 aromatic carbocycles. The van der Waals surface area contributed by atoms with E-state index in [2.05, 4.69) is 24.1 Å². The Hall–Kier alpha value is -1.39. The van der Waals surface area contributed by atoms with Gasteiger partial charge in [0.15, 0.2) is 0 Å². The number of hydrogen-bond acceptors (Lipinski definition) is 3. The normalized spacial score (nSPS) is 22.9. The lowest BCUT2D eigenvalue weighted by Gasteiger charge is -2.24. The van der Waals surface area contributed by atoms with Crippen molar-refractivity contribution in [3.05, 3.63) is 29.8 Å². The highest BCUT2D eigenvalue weighted by Gasteiger charge is 2.31. The summed E-state index contributed by atoms with van der Waals surface area (Å²) in [6, 6.07) is 8.05. The summed E-state index contributed by atoms with van der Waals surface area (Å²) < 4.78 is 0. The van der Waals surface area contributed by atoms with Crippen LogP contribution in [-0.2, 0) is 11.2 Å². The first-order valence-electron chi connectivity index (χ1n) is 7.37. The van der Waals surface area contributed by atoms with Crippen LogP contribution in [0, 0.1) is 5.92 Å². The highest BCUT2D eigenvalue weighted by molar-refractivity contribution is 5.92. The number of benzene rings is 1. The van der Waals surface area contributed by atoms with Gasteiger partial charge in [0.2, 0.25) is 5.91 Å². The number of nitrogens with zero attached hydrogens (tertiary/aromatic N) is 1. The van der Waals surface area contributed by atoms with Gasteiger partial charge in [0, 0.05) is 11.7 Å². The van der Waals surface area contributed by atoms with Gasteiger partial charge in [-0.25, -0.2) is 0 Å². The highest BCUT2D eigenvalue weighted by atomic mass is 16.3. The molecule has 2 unspecified atom stereocenters. The molecule has 2 N–H and O–H groups in total. The summed E-state index contributed by atoms with van der Waals surface area (Å²) in [5.74, 6) is 0.443. The van der Waals surface area contributed by atoms with Gasteiger partial charge in [-0.2, -0.15) is 0 Å². The van der Waals surface area contributed by atoms with Gasteiger partial charge in [-0.1, -0.05) is 26.0 Å². The van der Waals surface area contributed by atoms with Crippen molar-refractivity contribution in [1.29, 1.82) is 0 Å². The fourth-order valence-electron chi connectivity index (χ4n) is 2.79. The van der Waals surface area contributed by atoms with E-state index in [1.807, 2.05) is 24.3 Å². The number of carbonyl (C=O) groups excluding carboxylic acids is 1. The van der Waals surface area contributed by atoms with E-state index in [1.165, 1.54) is 5.56 Å². The van der Waals surface area contributed by atoms with Crippen molar-refractivity contribution >= 4 is 11.6 Å². The number of hydrogen-bond donors (Lipinski definition) is 2. The van der Waals surface area contributed by atoms with E-state index in [0.29, 0.717) is 12.5 Å². The van der Waals surface area contributed by atoms with Crippen LogP contribution in [-0.4, -0.2) is 41.7 Å². The van der Waals surface area contributed by atoms with Gasteiger partial charge in [-0.15, -0.1) is 0 Å². The molecule has 0 spiro atoms. The first-order valence-corrected chi connectivity index (χ1v) is 7.37. The second-order valence-electron chi connectivity index (χ2n) is 5.59. The first kappa shape index (κ1) is 15.0. The van der Waals surface area contributed by atoms with Crippen LogP contribution in [0.25, 0.3) is 0 Å². The molecule has 110 valence electrons. The average molecular weight is 276 g/mol. The van der Waals surface area contributed by atoms with E-state index in [4.69, 9.17) is 0 Å². The number of aliphatic hydroxyl groups is 1. The number of carbonyl (C=O) groups is 1. The summed E-state index contributed by atoms with van der Waals surface area (Å²) in [6.07, 6.45) is 2.04. The fraction of sp³-hybridized carbons (Fsp3) is 0.562. The van der Waals surface area contributed by atoms with Gasteiger partial charge in [0.25, 0.3) is 0 Å². The molecule has 20 heavy (non-hydrogen) atoms. The number of rotatable bonds is 5. The standard InChI is InChI=1S/C16H24N2O2/c1-3-13-4-6-14(7-5-13)17-16(20)10-18-9-8-12(2)15(18)11-19/h4-7,12,15,19H,3,8-11H2,1-2H3,(H,17,20). The van der Waals surface area contributed by atoms with Crippen LogP contribution in [0.3, 0.4) is 0 Å². The Bertz CT molecular complexity index is 444. The van der Waals surface area contributed by atoms with Gasteiger partial charge in [-0.05, 0) is 43.0 Å². The van der Waals surface area contributed by atoms with E-state index >= 15 is 0 Å². The highest BCUT2D eigenvalue weighted by Crippen LogP contribution is 2.23. The Balaban J connectivity index is 1.88. The molecule has 1 aliphatic rings. The maximum Gasteiger partial charge on any atom is 0.238 e. The number of amides is 1. The summed E-state index contributed by atoms with van der Waals surface area (Å²) in [7, 11) is 0. The summed E-state index contributed by atoms with van der Waals surface area (Å²) >= 11 is 0. The molecule has 4 nitrogen and oxygen atoms in total. The Morgan fingerprint density at radius 3 is 2.70 bits per heavy atom. The second-order valence-corrected chi connectivity index (χ2v) is 5.59. The van der Waals surface area contributed by atoms with Crippen molar-refractivity contribution in [2.45, 2.75) is 32.7 Å². The zero-order valence-corrected chi connectivity index (χ0v) is 12.3. The molecule has 1 fully saturated rings. The first-order chi connectivity index (χ1) is 9.63. The van der Waals surface area contributed by atoms with Gasteiger partial charge >= 0.3 is 0 Å². The van der Waals surface area contributed by atoms with Gasteiger partial charge in [-0.3, -0.25) is 9.69 Å². The molecule has 1 saturated heterocycles. The molecule has 1 amide bonds. The Labute approximate surface area is 120 Å². The number of likely N-dealkylation sites (tertiary alicyclic amines) is 1. The van der Waals surface area contributed by atoms with Gasteiger partial charge in [0.1, 0.15) is 0 Å². The quantitative estimate of drug-likeness (QED) is 0.863. The molecule has 4 heteroatoms. The minimum absolute atomic E-state index is 0.0122. The Morgan fingerprint density at radius 2 is 2.10 bits per heavy atom. The Kier molecular flexibility index (Phi) is 5.15. The summed E-state index contributed by atoms with van der Waals surface area (Å²) in [6.45, 7) is 5.60. The third-order valence-electron chi connectivity index (χ3n) is 4.18. The lowest BCUT2D eigenvalue weighted by atomic mass is 10.0. The monoisotopic (exact) mass is 276 g/mol. The maximum absolute atomic E-state index is 12.1. The lowest BCUT2D eigenvalue weighted by Crippen LogP contribution is -2.40. The van der Waals surface area contributed by atoms with Crippen molar-refractivity contribution in [1.82, 2.24) is 4.90 Å². The third-order valence-corrected chi connectivity index (χ3v) is 4.18. The molecule has 1 aliphatic heterocycles. The van der Waals surface area contributed by atoms with E-state index in [1.54, 1.807) is 0 Å². The molecule has 0 radical (unpaired) electrons. The van der Waals surface area contributed by atoms with Crippen LogP contribution < -0.4 is 5.32 Å². The van der Waals surface area contributed by atoms with Gasteiger partial charge in [0.05, 0.1) is 13.2 Å². The largest absolute Gasteiger partial charge is 0.395 e. The molecule has 0 bridgehead atoms. The molecule has 0 saturated carbocycles. The topological polar surface area (TPSA) is 52.6 Å². The smallest absolute Gasteiger partial charge is 0.238 e. The van der Waals surface area contributed by atoms with Crippen molar-refractivity contribution in [3.63, 3.8) is 0 Å². The van der Waals surface area contributed by atoms with Crippen molar-refractivity contribution in [3.8, 4) is 0 Å². The number of anilines is 1. The van der Waals surface area contributed by atoms with Crippen LogP contribution in [0.2, 0.25) is 0 Å². The summed E-state index contributed by atoms with van der Waals surface area (Å²) in [4.78, 5) is 14.1. The summed E-state index contributed by atoms with van der Waals surface area (Å²) in [5, 5.41) is 12.3. The SMILES string of the molecule is CCc1ccc(NC(=O)CN2CCC(C)C2CO)cc1. The molecule has 1 aromatic rings. The molecule has 0 aliphatic carbocycles. The van der Waals surface area contributed by atoms with E-state index in [9.17, 15) is 9.90 Å². The molecule has 2 atom stereocenters. The summed E-state index contributed by atoms with van der Waals surface area (Å²) in [5.41, 5.74) is 2.09. The van der Waals surface area contributed by atoms with E-state index in [0.717, 1.165) is 25.1 Å². The number of aryl methyl sites for hydroxylation is 1. The van der Waals surface area contributed by atoms with Crippen molar-refractivity contribution in [2.75, 3.05) is 25.0 Å². The predicted molar refractivity (Wildman–Crippen MR) is 80.7 cm³/mol. The van der Waals surface area contributed by atoms with Crippen molar-refractivity contribution < 1.29 is 9.90 Å². The molecule has 0 aromatic heterocycles. The van der Waals surface area contributed by atoms with E-state index < -0.39 is 0 Å². The minimum atomic E-state index is -0.0122. The Morgan fingerprint density at radius 1 is 1.40 bits per heavy atom. The number of aliphatic hydroxyl groups excluding tert-OH is 1. The lowest BCUT2D eigenvalue weighted by molar-refractivity contribution is -0.117. The van der Waals surface area contributed by atoms with Crippen LogP contribution in [0.1, 0.15) is 25.8 Å². The van der Waals surface area contributed by atoms with Crippen LogP contribution in [0.5, 0.6) is 0 Å². The molecular weight excluding hydrogens is 252 g/mol. The minimum Gasteiger partial charge on any atom is -0.395 e. The fourth-order valence-corrected chi connectivity index (χ4v) is 2.79. The molecular formula is C16H24N2O2. The third kappa shape index (κ3) is 3.58. The van der Waals surface area contributed by atoms with Gasteiger partial charge < -0.3 is 10.4 Å². The van der Waals surface area contributed by atoms with Crippen LogP contribution >= 0.6 is 0 Å². The second kappa shape index (κ2) is 6.86. The average Bonchev–Trinajstić information content (AvgIpc) is 2.79. The zero-order chi connectivity index (χ0) is 14.5. The molecule has 2 rings (SSSR count). The van der Waals surface area contributed by atoms with Crippen LogP contribution in [0.15, 0.2) is 24.3 Å². The van der Waals surface area contributed by atoms with E-state index in [-0.39, 0.29) is 18.6 Å². The van der Waals surface area contributed by atoms with Crippen molar-refractivity contribution in [2.24, 2.45) is 5.92 Å². The number of nitrogens with one attached hydrogen (secondary N) is 1. The van der Waals surface area contributed by atoms with Crippen LogP contribution in [0.4, 0.5) is 5.69 Å². The maximum atomic E-state index is 12.1.